The minimum atomic E-state index is -0.131. The third-order valence-electron chi connectivity index (χ3n) is 4.68. The molecular weight excluding hydrogens is 366 g/mol. The minimum absolute atomic E-state index is 0. The number of benzene rings is 1. The maximum absolute atomic E-state index is 12.9. The first kappa shape index (κ1) is 23.4. The first-order valence-corrected chi connectivity index (χ1v) is 9.30. The number of amides is 2. The SMILES string of the molecule is COCCNCC(=O)Nc1cc(C(=O)N2CC(C)CC(C)C2)ccc1C.Cl. The molecule has 2 unspecified atom stereocenters. The number of methoxy groups -OCH3 is 1. The predicted octanol–water partition coefficient (Wildman–Crippen LogP) is 2.71. The van der Waals surface area contributed by atoms with E-state index in [1.165, 1.54) is 0 Å². The molecule has 0 saturated carbocycles. The van der Waals surface area contributed by atoms with Crippen LogP contribution in [0.2, 0.25) is 0 Å². The highest BCUT2D eigenvalue weighted by molar-refractivity contribution is 5.98. The number of likely N-dealkylation sites (tertiary alicyclic amines) is 1. The van der Waals surface area contributed by atoms with Crippen molar-refractivity contribution in [2.24, 2.45) is 11.8 Å². The summed E-state index contributed by atoms with van der Waals surface area (Å²) in [4.78, 5) is 26.9. The molecule has 6 nitrogen and oxygen atoms in total. The van der Waals surface area contributed by atoms with Gasteiger partial charge < -0.3 is 20.3 Å². The summed E-state index contributed by atoms with van der Waals surface area (Å²) in [5.74, 6) is 0.946. The van der Waals surface area contributed by atoms with E-state index < -0.39 is 0 Å². The minimum Gasteiger partial charge on any atom is -0.383 e. The van der Waals surface area contributed by atoms with Crippen LogP contribution in [0, 0.1) is 18.8 Å². The highest BCUT2D eigenvalue weighted by Gasteiger charge is 2.26. The van der Waals surface area contributed by atoms with Gasteiger partial charge in [-0.1, -0.05) is 19.9 Å². The number of rotatable bonds is 7. The summed E-state index contributed by atoms with van der Waals surface area (Å²) in [7, 11) is 1.62. The molecular formula is C20H32ClN3O3. The van der Waals surface area contributed by atoms with E-state index in [1.54, 1.807) is 13.2 Å². The van der Waals surface area contributed by atoms with Gasteiger partial charge >= 0.3 is 0 Å². The fourth-order valence-electron chi connectivity index (χ4n) is 3.47. The van der Waals surface area contributed by atoms with Crippen molar-refractivity contribution in [2.75, 3.05) is 45.2 Å². The van der Waals surface area contributed by atoms with E-state index in [0.29, 0.717) is 36.2 Å². The summed E-state index contributed by atoms with van der Waals surface area (Å²) >= 11 is 0. The normalized spacial score (nSPS) is 19.3. The van der Waals surface area contributed by atoms with Crippen molar-refractivity contribution >= 4 is 29.9 Å². The monoisotopic (exact) mass is 397 g/mol. The molecule has 2 atom stereocenters. The summed E-state index contributed by atoms with van der Waals surface area (Å²) in [6, 6.07) is 5.51. The molecule has 7 heteroatoms. The van der Waals surface area contributed by atoms with Crippen molar-refractivity contribution in [1.29, 1.82) is 0 Å². The number of halogens is 1. The maximum Gasteiger partial charge on any atom is 0.253 e. The van der Waals surface area contributed by atoms with Gasteiger partial charge in [-0.3, -0.25) is 9.59 Å². The number of piperidine rings is 1. The standard InChI is InChI=1S/C20H31N3O3.ClH/c1-14-9-15(2)13-23(12-14)20(25)17-6-5-16(3)18(10-17)22-19(24)11-21-7-8-26-4;/h5-6,10,14-15,21H,7-9,11-13H2,1-4H3,(H,22,24);1H. The fraction of sp³-hybridized carbons (Fsp3) is 0.600. The van der Waals surface area contributed by atoms with Crippen LogP contribution in [0.25, 0.3) is 0 Å². The van der Waals surface area contributed by atoms with E-state index in [9.17, 15) is 9.59 Å². The molecule has 1 fully saturated rings. The summed E-state index contributed by atoms with van der Waals surface area (Å²) in [5, 5.41) is 5.90. The van der Waals surface area contributed by atoms with Crippen molar-refractivity contribution < 1.29 is 14.3 Å². The Labute approximate surface area is 168 Å². The number of hydrogen-bond acceptors (Lipinski definition) is 4. The van der Waals surface area contributed by atoms with Gasteiger partial charge in [0, 0.05) is 38.0 Å². The quantitative estimate of drug-likeness (QED) is 0.694. The van der Waals surface area contributed by atoms with Crippen LogP contribution in [0.3, 0.4) is 0 Å². The Bertz CT molecular complexity index is 629. The van der Waals surface area contributed by atoms with Crippen LogP contribution in [0.4, 0.5) is 5.69 Å². The lowest BCUT2D eigenvalue weighted by atomic mass is 9.91. The molecule has 1 aliphatic rings. The van der Waals surface area contributed by atoms with Gasteiger partial charge in [-0.2, -0.15) is 0 Å². The van der Waals surface area contributed by atoms with Gasteiger partial charge in [0.2, 0.25) is 5.91 Å². The van der Waals surface area contributed by atoms with Gasteiger partial charge in [-0.25, -0.2) is 0 Å². The number of nitrogens with zero attached hydrogens (tertiary/aromatic N) is 1. The smallest absolute Gasteiger partial charge is 0.253 e. The van der Waals surface area contributed by atoms with Gasteiger partial charge in [-0.15, -0.1) is 12.4 Å². The first-order valence-electron chi connectivity index (χ1n) is 9.30. The Kier molecular flexibility index (Phi) is 9.77. The van der Waals surface area contributed by atoms with E-state index in [4.69, 9.17) is 4.74 Å². The van der Waals surface area contributed by atoms with Crippen molar-refractivity contribution in [3.05, 3.63) is 29.3 Å². The molecule has 1 heterocycles. The predicted molar refractivity (Wildman–Crippen MR) is 111 cm³/mol. The van der Waals surface area contributed by atoms with Gasteiger partial charge in [-0.05, 0) is 42.9 Å². The Morgan fingerprint density at radius 1 is 1.22 bits per heavy atom. The van der Waals surface area contributed by atoms with Crippen molar-refractivity contribution in [3.63, 3.8) is 0 Å². The molecule has 2 N–H and O–H groups in total. The van der Waals surface area contributed by atoms with Crippen molar-refractivity contribution in [3.8, 4) is 0 Å². The van der Waals surface area contributed by atoms with Gasteiger partial charge in [0.15, 0.2) is 0 Å². The van der Waals surface area contributed by atoms with E-state index in [-0.39, 0.29) is 30.8 Å². The molecule has 1 aromatic rings. The number of anilines is 1. The summed E-state index contributed by atoms with van der Waals surface area (Å²) < 4.78 is 4.94. The molecule has 2 rings (SSSR count). The zero-order valence-corrected chi connectivity index (χ0v) is 17.5. The van der Waals surface area contributed by atoms with E-state index in [2.05, 4.69) is 24.5 Å². The number of carbonyl (C=O) groups excluding carboxylic acids is 2. The molecule has 0 aromatic heterocycles. The van der Waals surface area contributed by atoms with Crippen molar-refractivity contribution in [1.82, 2.24) is 10.2 Å². The number of nitrogens with one attached hydrogen (secondary N) is 2. The maximum atomic E-state index is 12.9. The Hall–Kier alpha value is -1.63. The third kappa shape index (κ3) is 7.13. The van der Waals surface area contributed by atoms with Gasteiger partial charge in [0.1, 0.15) is 0 Å². The molecule has 0 radical (unpaired) electrons. The molecule has 0 aliphatic carbocycles. The zero-order chi connectivity index (χ0) is 19.1. The first-order chi connectivity index (χ1) is 12.4. The highest BCUT2D eigenvalue weighted by atomic mass is 35.5. The van der Waals surface area contributed by atoms with Crippen LogP contribution in [0.5, 0.6) is 0 Å². The number of aryl methyl sites for hydroxylation is 1. The molecule has 1 aliphatic heterocycles. The molecule has 0 spiro atoms. The van der Waals surface area contributed by atoms with Crippen LogP contribution < -0.4 is 10.6 Å². The van der Waals surface area contributed by atoms with Crippen LogP contribution >= 0.6 is 12.4 Å². The summed E-state index contributed by atoms with van der Waals surface area (Å²) in [5.41, 5.74) is 2.25. The third-order valence-corrected chi connectivity index (χ3v) is 4.68. The van der Waals surface area contributed by atoms with E-state index in [1.807, 2.05) is 24.0 Å². The van der Waals surface area contributed by atoms with Gasteiger partial charge in [0.25, 0.3) is 5.91 Å². The number of ether oxygens (including phenoxy) is 1. The molecule has 152 valence electrons. The Balaban J connectivity index is 0.00000364. The van der Waals surface area contributed by atoms with Crippen molar-refractivity contribution in [2.45, 2.75) is 27.2 Å². The van der Waals surface area contributed by atoms with E-state index >= 15 is 0 Å². The zero-order valence-electron chi connectivity index (χ0n) is 16.7. The second-order valence-electron chi connectivity index (χ2n) is 7.40. The topological polar surface area (TPSA) is 70.7 Å². The lowest BCUT2D eigenvalue weighted by molar-refractivity contribution is -0.115. The average molecular weight is 398 g/mol. The summed E-state index contributed by atoms with van der Waals surface area (Å²) in [6.45, 7) is 9.27. The van der Waals surface area contributed by atoms with Crippen LogP contribution in [-0.2, 0) is 9.53 Å². The molecule has 1 aromatic carbocycles. The lowest BCUT2D eigenvalue weighted by Crippen LogP contribution is -2.42. The second kappa shape index (κ2) is 11.3. The fourth-order valence-corrected chi connectivity index (χ4v) is 3.47. The number of hydrogen-bond donors (Lipinski definition) is 2. The summed E-state index contributed by atoms with van der Waals surface area (Å²) in [6.07, 6.45) is 1.16. The van der Waals surface area contributed by atoms with E-state index in [0.717, 1.165) is 25.1 Å². The Morgan fingerprint density at radius 3 is 2.52 bits per heavy atom. The molecule has 0 bridgehead atoms. The molecule has 2 amide bonds. The molecule has 27 heavy (non-hydrogen) atoms. The van der Waals surface area contributed by atoms with Crippen LogP contribution in [-0.4, -0.2) is 56.6 Å². The Morgan fingerprint density at radius 2 is 1.89 bits per heavy atom. The lowest BCUT2D eigenvalue weighted by Gasteiger charge is -2.35. The molecule has 1 saturated heterocycles. The second-order valence-corrected chi connectivity index (χ2v) is 7.40. The number of carbonyl (C=O) groups is 2. The van der Waals surface area contributed by atoms with Gasteiger partial charge in [0.05, 0.1) is 13.2 Å². The highest BCUT2D eigenvalue weighted by Crippen LogP contribution is 2.24. The largest absolute Gasteiger partial charge is 0.383 e. The van der Waals surface area contributed by atoms with Crippen LogP contribution in [0.1, 0.15) is 36.2 Å². The average Bonchev–Trinajstić information content (AvgIpc) is 2.59. The van der Waals surface area contributed by atoms with Crippen LogP contribution in [0.15, 0.2) is 18.2 Å².